The molecule has 3 heteroatoms. The molecule has 56 valence electrons. The van der Waals surface area contributed by atoms with Gasteiger partial charge in [-0.2, -0.15) is 0 Å². The van der Waals surface area contributed by atoms with Crippen molar-refractivity contribution in [3.63, 3.8) is 0 Å². The molecule has 3 nitrogen and oxygen atoms in total. The van der Waals surface area contributed by atoms with Crippen LogP contribution in [0.15, 0.2) is 4.99 Å². The van der Waals surface area contributed by atoms with E-state index in [9.17, 15) is 4.79 Å². The maximum absolute atomic E-state index is 10.9. The van der Waals surface area contributed by atoms with Crippen molar-refractivity contribution in [1.29, 1.82) is 0 Å². The van der Waals surface area contributed by atoms with Gasteiger partial charge < -0.3 is 4.74 Å². The van der Waals surface area contributed by atoms with E-state index in [-0.39, 0.29) is 5.78 Å². The molecule has 1 aliphatic heterocycles. The van der Waals surface area contributed by atoms with Crippen molar-refractivity contribution in [3.8, 4) is 0 Å². The fraction of sp³-hybridized carbons (Fsp3) is 0.714. The molecule has 0 bridgehead atoms. The van der Waals surface area contributed by atoms with Gasteiger partial charge in [0.1, 0.15) is 0 Å². The lowest BCUT2D eigenvalue weighted by molar-refractivity contribution is -0.129. The molecule has 1 unspecified atom stereocenters. The number of carbonyl (C=O) groups is 1. The number of rotatable bonds is 1. The zero-order valence-electron chi connectivity index (χ0n) is 6.47. The van der Waals surface area contributed by atoms with Gasteiger partial charge in [0.05, 0.1) is 6.54 Å². The maximum Gasteiger partial charge on any atom is 0.184 e. The number of Topliss-reactive ketones (excluding diaryl/α,β-unsaturated/α-hetero) is 1. The van der Waals surface area contributed by atoms with Gasteiger partial charge >= 0.3 is 0 Å². The third-order valence-electron chi connectivity index (χ3n) is 1.72. The van der Waals surface area contributed by atoms with Gasteiger partial charge in [0, 0.05) is 6.92 Å². The lowest BCUT2D eigenvalue weighted by Gasteiger charge is -2.18. The molecule has 0 fully saturated rings. The Morgan fingerprint density at radius 1 is 1.80 bits per heavy atom. The second-order valence-electron chi connectivity index (χ2n) is 2.72. The molecule has 0 aromatic rings. The molecule has 0 aliphatic carbocycles. The number of nitrogens with zero attached hydrogens (tertiary/aromatic N) is 1. The van der Waals surface area contributed by atoms with Crippen molar-refractivity contribution >= 4 is 11.7 Å². The van der Waals surface area contributed by atoms with Gasteiger partial charge in [-0.15, -0.1) is 0 Å². The van der Waals surface area contributed by atoms with E-state index in [2.05, 4.69) is 4.99 Å². The van der Waals surface area contributed by atoms with E-state index in [0.29, 0.717) is 12.4 Å². The summed E-state index contributed by atoms with van der Waals surface area (Å²) < 4.78 is 5.21. The number of hydrogen-bond donors (Lipinski definition) is 0. The number of hydrogen-bond acceptors (Lipinski definition) is 3. The van der Waals surface area contributed by atoms with Crippen LogP contribution in [0.25, 0.3) is 0 Å². The molecule has 1 heterocycles. The Morgan fingerprint density at radius 2 is 2.40 bits per heavy atom. The van der Waals surface area contributed by atoms with Gasteiger partial charge in [-0.1, -0.05) is 0 Å². The Balaban J connectivity index is 2.70. The average Bonchev–Trinajstić information content (AvgIpc) is 2.13. The summed E-state index contributed by atoms with van der Waals surface area (Å²) in [5.41, 5.74) is -0.677. The molecule has 10 heavy (non-hydrogen) atoms. The molecule has 0 saturated carbocycles. The molecule has 0 aromatic carbocycles. The van der Waals surface area contributed by atoms with E-state index in [1.807, 2.05) is 0 Å². The van der Waals surface area contributed by atoms with E-state index >= 15 is 0 Å². The van der Waals surface area contributed by atoms with Crippen LogP contribution < -0.4 is 0 Å². The molecule has 1 rings (SSSR count). The number of aliphatic imine (C=N–C) groups is 1. The molecular formula is C7H11NO2. The summed E-state index contributed by atoms with van der Waals surface area (Å²) in [5, 5.41) is 0. The first-order chi connectivity index (χ1) is 4.54. The Hall–Kier alpha value is -0.860. The van der Waals surface area contributed by atoms with E-state index in [4.69, 9.17) is 4.74 Å². The molecule has 0 amide bonds. The minimum atomic E-state index is -0.677. The second-order valence-corrected chi connectivity index (χ2v) is 2.72. The highest BCUT2D eigenvalue weighted by Gasteiger charge is 2.36. The van der Waals surface area contributed by atoms with Crippen LogP contribution in [0, 0.1) is 0 Å². The van der Waals surface area contributed by atoms with Crippen molar-refractivity contribution in [2.24, 2.45) is 4.99 Å². The predicted octanol–water partition coefficient (Wildman–Crippen LogP) is 0.783. The summed E-state index contributed by atoms with van der Waals surface area (Å²) in [7, 11) is 0. The predicted molar refractivity (Wildman–Crippen MR) is 38.1 cm³/mol. The van der Waals surface area contributed by atoms with E-state index < -0.39 is 5.60 Å². The lowest BCUT2D eigenvalue weighted by atomic mass is 10.0. The molecule has 0 spiro atoms. The fourth-order valence-corrected chi connectivity index (χ4v) is 0.836. The minimum absolute atomic E-state index is 0.0353. The summed E-state index contributed by atoms with van der Waals surface area (Å²) in [6.07, 6.45) is 0. The van der Waals surface area contributed by atoms with E-state index in [1.54, 1.807) is 13.8 Å². The highest BCUT2D eigenvalue weighted by atomic mass is 16.5. The molecular weight excluding hydrogens is 130 g/mol. The van der Waals surface area contributed by atoms with E-state index in [0.717, 1.165) is 0 Å². The standard InChI is InChI=1S/C7H11NO2/c1-5(9)7(3)4-8-6(2)10-7/h4H2,1-3H3. The molecule has 0 N–H and O–H groups in total. The van der Waals surface area contributed by atoms with Gasteiger partial charge in [-0.25, -0.2) is 0 Å². The first-order valence-electron chi connectivity index (χ1n) is 3.26. The second kappa shape index (κ2) is 2.08. The first-order valence-corrected chi connectivity index (χ1v) is 3.26. The van der Waals surface area contributed by atoms with Crippen LogP contribution in [-0.4, -0.2) is 23.8 Å². The van der Waals surface area contributed by atoms with Gasteiger partial charge in [-0.05, 0) is 13.8 Å². The van der Waals surface area contributed by atoms with Crippen LogP contribution >= 0.6 is 0 Å². The zero-order valence-corrected chi connectivity index (χ0v) is 6.47. The number of ether oxygens (including phenoxy) is 1. The summed E-state index contributed by atoms with van der Waals surface area (Å²) in [6, 6.07) is 0. The highest BCUT2D eigenvalue weighted by Crippen LogP contribution is 2.18. The van der Waals surface area contributed by atoms with Gasteiger partial charge in [0.25, 0.3) is 0 Å². The van der Waals surface area contributed by atoms with Crippen LogP contribution in [0.5, 0.6) is 0 Å². The third-order valence-corrected chi connectivity index (χ3v) is 1.72. The van der Waals surface area contributed by atoms with Crippen LogP contribution in [0.4, 0.5) is 0 Å². The van der Waals surface area contributed by atoms with Crippen LogP contribution in [-0.2, 0) is 9.53 Å². The smallest absolute Gasteiger partial charge is 0.184 e. The third kappa shape index (κ3) is 1.03. The van der Waals surface area contributed by atoms with Crippen LogP contribution in [0.2, 0.25) is 0 Å². The van der Waals surface area contributed by atoms with Crippen molar-refractivity contribution in [3.05, 3.63) is 0 Å². The van der Waals surface area contributed by atoms with Crippen molar-refractivity contribution in [2.45, 2.75) is 26.4 Å². The van der Waals surface area contributed by atoms with Gasteiger partial charge in [0.15, 0.2) is 17.3 Å². The monoisotopic (exact) mass is 141 g/mol. The first kappa shape index (κ1) is 7.25. The fourth-order valence-electron chi connectivity index (χ4n) is 0.836. The molecule has 0 radical (unpaired) electrons. The topological polar surface area (TPSA) is 38.7 Å². The van der Waals surface area contributed by atoms with Gasteiger partial charge in [-0.3, -0.25) is 9.79 Å². The largest absolute Gasteiger partial charge is 0.465 e. The van der Waals surface area contributed by atoms with Crippen molar-refractivity contribution < 1.29 is 9.53 Å². The molecule has 0 aromatic heterocycles. The summed E-state index contributed by atoms with van der Waals surface area (Å²) in [5.74, 6) is 0.644. The Bertz CT molecular complexity index is 198. The van der Waals surface area contributed by atoms with Crippen LogP contribution in [0.1, 0.15) is 20.8 Å². The summed E-state index contributed by atoms with van der Waals surface area (Å²) in [6.45, 7) is 5.51. The summed E-state index contributed by atoms with van der Waals surface area (Å²) >= 11 is 0. The average molecular weight is 141 g/mol. The SMILES string of the molecule is CC(=O)C1(C)CN=C(C)O1. The molecule has 1 aliphatic rings. The Morgan fingerprint density at radius 3 is 2.60 bits per heavy atom. The molecule has 1 atom stereocenters. The van der Waals surface area contributed by atoms with Crippen molar-refractivity contribution in [2.75, 3.05) is 6.54 Å². The molecule has 0 saturated heterocycles. The Labute approximate surface area is 60.1 Å². The zero-order chi connectivity index (χ0) is 7.78. The van der Waals surface area contributed by atoms with E-state index in [1.165, 1.54) is 6.92 Å². The highest BCUT2D eigenvalue weighted by molar-refractivity contribution is 5.90. The number of ketones is 1. The normalized spacial score (nSPS) is 31.3. The lowest BCUT2D eigenvalue weighted by Crippen LogP contribution is -2.36. The maximum atomic E-state index is 10.9. The number of carbonyl (C=O) groups excluding carboxylic acids is 1. The quantitative estimate of drug-likeness (QED) is 0.541. The van der Waals surface area contributed by atoms with Crippen molar-refractivity contribution in [1.82, 2.24) is 0 Å². The minimum Gasteiger partial charge on any atom is -0.465 e. The Kier molecular flexibility index (Phi) is 1.50. The van der Waals surface area contributed by atoms with Gasteiger partial charge in [0.2, 0.25) is 0 Å². The van der Waals surface area contributed by atoms with Crippen LogP contribution in [0.3, 0.4) is 0 Å². The summed E-state index contributed by atoms with van der Waals surface area (Å²) in [4.78, 5) is 14.9.